The third-order valence-corrected chi connectivity index (χ3v) is 4.67. The molecule has 148 valence electrons. The van der Waals surface area contributed by atoms with Gasteiger partial charge in [0.05, 0.1) is 16.3 Å². The Morgan fingerprint density at radius 3 is 2.50 bits per heavy atom. The summed E-state index contributed by atoms with van der Waals surface area (Å²) in [6.45, 7) is 1.65. The van der Waals surface area contributed by atoms with Gasteiger partial charge in [0.2, 0.25) is 6.79 Å². The summed E-state index contributed by atoms with van der Waals surface area (Å²) >= 11 is 0. The van der Waals surface area contributed by atoms with E-state index in [0.717, 1.165) is 25.9 Å². The molecule has 0 atom stereocenters. The Hall–Kier alpha value is -3.20. The molecule has 2 aliphatic heterocycles. The average molecular weight is 407 g/mol. The molecule has 1 amide bonds. The molecule has 0 spiro atoms. The zero-order chi connectivity index (χ0) is 19.0. The van der Waals surface area contributed by atoms with Gasteiger partial charge in [-0.3, -0.25) is 14.9 Å². The van der Waals surface area contributed by atoms with Crippen LogP contribution in [0.2, 0.25) is 0 Å². The van der Waals surface area contributed by atoms with Gasteiger partial charge >= 0.3 is 0 Å². The maximum absolute atomic E-state index is 12.6. The molecule has 2 aliphatic rings. The molecule has 28 heavy (non-hydrogen) atoms. The summed E-state index contributed by atoms with van der Waals surface area (Å²) in [6.07, 6.45) is 2.01. The molecule has 1 fully saturated rings. The first kappa shape index (κ1) is 19.6. The van der Waals surface area contributed by atoms with E-state index in [9.17, 15) is 14.9 Å². The third kappa shape index (κ3) is 3.61. The molecule has 9 nitrogen and oxygen atoms in total. The molecule has 2 heterocycles. The summed E-state index contributed by atoms with van der Waals surface area (Å²) in [6, 6.07) is 7.64. The van der Waals surface area contributed by atoms with Crippen LogP contribution in [0.4, 0.5) is 22.7 Å². The molecule has 0 aliphatic carbocycles. The highest BCUT2D eigenvalue weighted by Crippen LogP contribution is 2.38. The number of nitrogens with one attached hydrogen (secondary N) is 1. The molecule has 0 aromatic heterocycles. The minimum absolute atomic E-state index is 0. The number of nitro groups is 1. The van der Waals surface area contributed by atoms with E-state index in [1.54, 1.807) is 24.3 Å². The number of hydrogen-bond acceptors (Lipinski definition) is 7. The van der Waals surface area contributed by atoms with E-state index in [-0.39, 0.29) is 30.5 Å². The van der Waals surface area contributed by atoms with Crippen LogP contribution >= 0.6 is 12.4 Å². The fourth-order valence-corrected chi connectivity index (χ4v) is 3.30. The van der Waals surface area contributed by atoms with E-state index in [0.29, 0.717) is 28.6 Å². The largest absolute Gasteiger partial charge is 0.454 e. The summed E-state index contributed by atoms with van der Waals surface area (Å²) in [4.78, 5) is 25.6. The van der Waals surface area contributed by atoms with Gasteiger partial charge in [-0.25, -0.2) is 0 Å². The Balaban J connectivity index is 0.00000225. The molecule has 10 heteroatoms. The Kier molecular flexibility index (Phi) is 5.46. The summed E-state index contributed by atoms with van der Waals surface area (Å²) < 4.78 is 10.5. The van der Waals surface area contributed by atoms with Crippen molar-refractivity contribution in [3.63, 3.8) is 0 Å². The first-order valence-electron chi connectivity index (χ1n) is 8.57. The number of fused-ring (bicyclic) bond motifs is 1. The molecule has 0 unspecified atom stereocenters. The van der Waals surface area contributed by atoms with Crippen molar-refractivity contribution in [3.05, 3.63) is 46.0 Å². The number of hydrogen-bond donors (Lipinski definition) is 2. The van der Waals surface area contributed by atoms with Gasteiger partial charge in [-0.05, 0) is 25.0 Å². The van der Waals surface area contributed by atoms with E-state index in [1.165, 1.54) is 6.07 Å². The van der Waals surface area contributed by atoms with Gasteiger partial charge in [-0.15, -0.1) is 12.4 Å². The minimum Gasteiger partial charge on any atom is -0.454 e. The number of anilines is 3. The van der Waals surface area contributed by atoms with Crippen LogP contribution in [0.25, 0.3) is 0 Å². The van der Waals surface area contributed by atoms with E-state index in [1.807, 2.05) is 4.90 Å². The monoisotopic (exact) mass is 406 g/mol. The van der Waals surface area contributed by atoms with Crippen molar-refractivity contribution in [1.82, 2.24) is 0 Å². The molecular weight excluding hydrogens is 388 g/mol. The Labute approximate surface area is 167 Å². The van der Waals surface area contributed by atoms with Gasteiger partial charge in [0.15, 0.2) is 11.5 Å². The van der Waals surface area contributed by atoms with E-state index >= 15 is 0 Å². The summed E-state index contributed by atoms with van der Waals surface area (Å²) in [5.41, 5.74) is 7.25. The lowest BCUT2D eigenvalue weighted by Crippen LogP contribution is -2.20. The standard InChI is InChI=1S/C18H18N4O5.ClH/c19-12-8-16-17(27-10-26-16)9-13(12)20-18(23)11-3-4-14(15(7-11)22(24)25)21-5-1-2-6-21;/h3-4,7-9H,1-2,5-6,10,19H2,(H,20,23);1H. The van der Waals surface area contributed by atoms with Gasteiger partial charge in [0, 0.05) is 36.9 Å². The maximum atomic E-state index is 12.6. The number of benzene rings is 2. The van der Waals surface area contributed by atoms with E-state index in [2.05, 4.69) is 5.32 Å². The van der Waals surface area contributed by atoms with Crippen LogP contribution in [0.3, 0.4) is 0 Å². The molecule has 0 bridgehead atoms. The van der Waals surface area contributed by atoms with Crippen molar-refractivity contribution in [1.29, 1.82) is 0 Å². The summed E-state index contributed by atoms with van der Waals surface area (Å²) in [5, 5.41) is 14.2. The van der Waals surface area contributed by atoms with E-state index in [4.69, 9.17) is 15.2 Å². The first-order valence-corrected chi connectivity index (χ1v) is 8.57. The number of ether oxygens (including phenoxy) is 2. The average Bonchev–Trinajstić information content (AvgIpc) is 3.33. The fourth-order valence-electron chi connectivity index (χ4n) is 3.30. The molecule has 2 aromatic rings. The zero-order valence-electron chi connectivity index (χ0n) is 14.8. The number of carbonyl (C=O) groups excluding carboxylic acids is 1. The second-order valence-corrected chi connectivity index (χ2v) is 6.40. The highest BCUT2D eigenvalue weighted by atomic mass is 35.5. The number of rotatable bonds is 4. The molecule has 0 saturated carbocycles. The van der Waals surface area contributed by atoms with Crippen LogP contribution in [0, 0.1) is 10.1 Å². The van der Waals surface area contributed by atoms with Crippen LogP contribution in [-0.4, -0.2) is 30.7 Å². The number of nitrogens with zero attached hydrogens (tertiary/aromatic N) is 2. The smallest absolute Gasteiger partial charge is 0.293 e. The van der Waals surface area contributed by atoms with Crippen molar-refractivity contribution in [2.24, 2.45) is 0 Å². The second-order valence-electron chi connectivity index (χ2n) is 6.40. The SMILES string of the molecule is Cl.Nc1cc2c(cc1NC(=O)c1ccc(N3CCCC3)c([N+](=O)[O-])c1)OCO2. The normalized spacial score (nSPS) is 14.5. The van der Waals surface area contributed by atoms with Gasteiger partial charge < -0.3 is 25.4 Å². The summed E-state index contributed by atoms with van der Waals surface area (Å²) in [5.74, 6) is 0.502. The van der Waals surface area contributed by atoms with Crippen LogP contribution in [-0.2, 0) is 0 Å². The molecule has 4 rings (SSSR count). The maximum Gasteiger partial charge on any atom is 0.293 e. The predicted octanol–water partition coefficient (Wildman–Crippen LogP) is 3.18. The number of nitrogens with two attached hydrogens (primary N) is 1. The lowest BCUT2D eigenvalue weighted by molar-refractivity contribution is -0.384. The van der Waals surface area contributed by atoms with Crippen molar-refractivity contribution in [2.45, 2.75) is 12.8 Å². The van der Waals surface area contributed by atoms with Crippen LogP contribution in [0.5, 0.6) is 11.5 Å². The van der Waals surface area contributed by atoms with Crippen molar-refractivity contribution in [3.8, 4) is 11.5 Å². The van der Waals surface area contributed by atoms with Crippen LogP contribution in [0.15, 0.2) is 30.3 Å². The predicted molar refractivity (Wildman–Crippen MR) is 107 cm³/mol. The third-order valence-electron chi connectivity index (χ3n) is 4.67. The Morgan fingerprint density at radius 2 is 1.82 bits per heavy atom. The highest BCUT2D eigenvalue weighted by Gasteiger charge is 2.24. The Morgan fingerprint density at radius 1 is 1.14 bits per heavy atom. The second kappa shape index (κ2) is 7.81. The molecular formula is C18H19ClN4O5. The van der Waals surface area contributed by atoms with Crippen LogP contribution in [0.1, 0.15) is 23.2 Å². The van der Waals surface area contributed by atoms with Crippen molar-refractivity contribution in [2.75, 3.05) is 35.8 Å². The van der Waals surface area contributed by atoms with Crippen molar-refractivity contribution < 1.29 is 19.2 Å². The fraction of sp³-hybridized carbons (Fsp3) is 0.278. The molecule has 3 N–H and O–H groups in total. The van der Waals surface area contributed by atoms with E-state index < -0.39 is 10.8 Å². The first-order chi connectivity index (χ1) is 13.0. The van der Waals surface area contributed by atoms with Gasteiger partial charge in [-0.1, -0.05) is 0 Å². The lowest BCUT2D eigenvalue weighted by Gasteiger charge is -2.18. The van der Waals surface area contributed by atoms with Gasteiger partial charge in [-0.2, -0.15) is 0 Å². The number of amides is 1. The zero-order valence-corrected chi connectivity index (χ0v) is 15.7. The number of nitrogen functional groups attached to an aromatic ring is 1. The molecule has 0 radical (unpaired) electrons. The molecule has 2 aromatic carbocycles. The highest BCUT2D eigenvalue weighted by molar-refractivity contribution is 6.06. The minimum atomic E-state index is -0.489. The number of nitro benzene ring substituents is 1. The van der Waals surface area contributed by atoms with Crippen molar-refractivity contribution >= 4 is 41.1 Å². The number of carbonyl (C=O) groups is 1. The lowest BCUT2D eigenvalue weighted by atomic mass is 10.1. The topological polar surface area (TPSA) is 120 Å². The Bertz CT molecular complexity index is 930. The van der Waals surface area contributed by atoms with Gasteiger partial charge in [0.25, 0.3) is 11.6 Å². The van der Waals surface area contributed by atoms with Gasteiger partial charge in [0.1, 0.15) is 5.69 Å². The number of halogens is 1. The quantitative estimate of drug-likeness (QED) is 0.454. The summed E-state index contributed by atoms with van der Waals surface area (Å²) in [7, 11) is 0. The molecule has 1 saturated heterocycles. The van der Waals surface area contributed by atoms with Crippen LogP contribution < -0.4 is 25.4 Å².